The molecule has 0 radical (unpaired) electrons. The molecule has 1 amide bonds. The number of methoxy groups -OCH3 is 1. The second-order valence-corrected chi connectivity index (χ2v) is 10.1. The Hall–Kier alpha value is -4.61. The Morgan fingerprint density at radius 1 is 1.07 bits per heavy atom. The van der Waals surface area contributed by atoms with E-state index in [0.717, 1.165) is 39.4 Å². The van der Waals surface area contributed by atoms with Gasteiger partial charge in [-0.2, -0.15) is 0 Å². The summed E-state index contributed by atoms with van der Waals surface area (Å²) in [5.74, 6) is 8.70. The molecule has 4 aromatic rings. The minimum atomic E-state index is -0.682. The number of fused-ring (bicyclic) bond motifs is 1. The summed E-state index contributed by atoms with van der Waals surface area (Å²) in [6.07, 6.45) is 4.03. The van der Waals surface area contributed by atoms with Crippen molar-refractivity contribution in [1.29, 1.82) is 0 Å². The molecule has 2 N–H and O–H groups in total. The summed E-state index contributed by atoms with van der Waals surface area (Å²) in [6.45, 7) is 8.89. The number of anilines is 1. The smallest absolute Gasteiger partial charge is 0.245 e. The van der Waals surface area contributed by atoms with E-state index in [1.807, 2.05) is 54.6 Å². The molecule has 2 aromatic heterocycles. The molecule has 204 valence electrons. The van der Waals surface area contributed by atoms with Crippen molar-refractivity contribution in [3.63, 3.8) is 0 Å². The van der Waals surface area contributed by atoms with E-state index in [1.165, 1.54) is 12.4 Å². The molecule has 0 bridgehead atoms. The third-order valence-corrected chi connectivity index (χ3v) is 7.31. The lowest BCUT2D eigenvalue weighted by atomic mass is 9.91. The number of piperidine rings is 1. The zero-order chi connectivity index (χ0) is 28.3. The fourth-order valence-corrected chi connectivity index (χ4v) is 5.15. The van der Waals surface area contributed by atoms with E-state index in [1.54, 1.807) is 12.0 Å². The van der Waals surface area contributed by atoms with Crippen molar-refractivity contribution in [2.24, 2.45) is 0 Å². The summed E-state index contributed by atoms with van der Waals surface area (Å²) in [7, 11) is 1.67. The van der Waals surface area contributed by atoms with Gasteiger partial charge in [0.25, 0.3) is 0 Å². The third-order valence-electron chi connectivity index (χ3n) is 7.31. The molecule has 1 aliphatic rings. The fourth-order valence-electron chi connectivity index (χ4n) is 5.15. The van der Waals surface area contributed by atoms with Crippen LogP contribution in [0.2, 0.25) is 0 Å². The van der Waals surface area contributed by atoms with E-state index in [2.05, 4.69) is 46.8 Å². The van der Waals surface area contributed by atoms with Crippen molar-refractivity contribution in [2.75, 3.05) is 25.9 Å². The molecule has 40 heavy (non-hydrogen) atoms. The van der Waals surface area contributed by atoms with Gasteiger partial charge in [-0.05, 0) is 55.7 Å². The molecule has 2 aromatic carbocycles. The third kappa shape index (κ3) is 5.16. The van der Waals surface area contributed by atoms with Crippen LogP contribution in [0, 0.1) is 11.8 Å². The minimum absolute atomic E-state index is 0.0566. The zero-order valence-electron chi connectivity index (χ0n) is 23.1. The van der Waals surface area contributed by atoms with Gasteiger partial charge in [-0.1, -0.05) is 42.8 Å². The van der Waals surface area contributed by atoms with Crippen LogP contribution in [0.4, 0.5) is 5.82 Å². The number of hydrogen-bond acceptors (Lipinski definition) is 6. The van der Waals surface area contributed by atoms with Crippen LogP contribution < -0.4 is 10.5 Å². The monoisotopic (exact) mass is 535 g/mol. The molecular weight excluding hydrogens is 502 g/mol. The van der Waals surface area contributed by atoms with Crippen LogP contribution in [0.25, 0.3) is 22.2 Å². The number of nitrogens with zero attached hydrogens (tertiary/aromatic N) is 4. The normalized spacial score (nSPS) is 14.6. The van der Waals surface area contributed by atoms with E-state index in [-0.39, 0.29) is 11.9 Å². The van der Waals surface area contributed by atoms with Crippen LogP contribution in [0.3, 0.4) is 0 Å². The summed E-state index contributed by atoms with van der Waals surface area (Å²) < 4.78 is 14.1. The van der Waals surface area contributed by atoms with Gasteiger partial charge in [-0.25, -0.2) is 9.97 Å². The predicted molar refractivity (Wildman–Crippen MR) is 157 cm³/mol. The second kappa shape index (κ2) is 11.2. The maximum Gasteiger partial charge on any atom is 0.245 e. The van der Waals surface area contributed by atoms with Crippen LogP contribution in [0.1, 0.15) is 38.4 Å². The molecule has 3 heterocycles. The first kappa shape index (κ1) is 27.0. The van der Waals surface area contributed by atoms with Crippen LogP contribution in [-0.4, -0.2) is 51.1 Å². The van der Waals surface area contributed by atoms with Gasteiger partial charge in [0, 0.05) is 44.6 Å². The lowest BCUT2D eigenvalue weighted by Crippen LogP contribution is -2.46. The highest BCUT2D eigenvalue weighted by Crippen LogP contribution is 2.39. The molecule has 0 spiro atoms. The molecule has 0 aliphatic carbocycles. The molecule has 1 aliphatic heterocycles. The van der Waals surface area contributed by atoms with Gasteiger partial charge in [0.05, 0.1) is 5.39 Å². The van der Waals surface area contributed by atoms with E-state index < -0.39 is 5.60 Å². The van der Waals surface area contributed by atoms with Gasteiger partial charge in [-0.15, -0.1) is 0 Å². The summed E-state index contributed by atoms with van der Waals surface area (Å²) in [4.78, 5) is 22.8. The molecular formula is C32H33N5O3. The number of aromatic nitrogens is 3. The van der Waals surface area contributed by atoms with Gasteiger partial charge in [0.15, 0.2) is 0 Å². The van der Waals surface area contributed by atoms with Crippen molar-refractivity contribution in [3.8, 4) is 34.5 Å². The SMILES string of the molecule is C=CC(=O)N1CCC(C#Cc2c(-c3ccc(Oc4ccccc4)cc3)c3c(N)ncnc3n2C(C)C)(OC)CC1. The van der Waals surface area contributed by atoms with Gasteiger partial charge >= 0.3 is 0 Å². The molecule has 5 rings (SSSR count). The first-order chi connectivity index (χ1) is 19.4. The number of amides is 1. The molecule has 8 heteroatoms. The zero-order valence-corrected chi connectivity index (χ0v) is 23.1. The number of rotatable bonds is 6. The maximum absolute atomic E-state index is 12.1. The first-order valence-electron chi connectivity index (χ1n) is 13.3. The van der Waals surface area contributed by atoms with Crippen molar-refractivity contribution in [2.45, 2.75) is 38.3 Å². The van der Waals surface area contributed by atoms with Crippen LogP contribution >= 0.6 is 0 Å². The number of nitrogen functional groups attached to an aromatic ring is 1. The van der Waals surface area contributed by atoms with Crippen molar-refractivity contribution in [3.05, 3.63) is 79.3 Å². The Morgan fingerprint density at radius 3 is 2.38 bits per heavy atom. The van der Waals surface area contributed by atoms with Crippen molar-refractivity contribution < 1.29 is 14.3 Å². The molecule has 1 fully saturated rings. The second-order valence-electron chi connectivity index (χ2n) is 10.1. The summed E-state index contributed by atoms with van der Waals surface area (Å²) in [5.41, 5.74) is 9.07. The predicted octanol–water partition coefficient (Wildman–Crippen LogP) is 5.60. The van der Waals surface area contributed by atoms with E-state index >= 15 is 0 Å². The Labute approximate surface area is 234 Å². The number of para-hydroxylation sites is 1. The number of benzene rings is 2. The summed E-state index contributed by atoms with van der Waals surface area (Å²) in [6, 6.07) is 17.6. The highest BCUT2D eigenvalue weighted by atomic mass is 16.5. The van der Waals surface area contributed by atoms with Crippen LogP contribution in [-0.2, 0) is 9.53 Å². The number of carbonyl (C=O) groups excluding carboxylic acids is 1. The highest BCUT2D eigenvalue weighted by molar-refractivity contribution is 6.03. The molecule has 8 nitrogen and oxygen atoms in total. The Balaban J connectivity index is 1.60. The number of hydrogen-bond donors (Lipinski definition) is 1. The Kier molecular flexibility index (Phi) is 7.58. The number of nitrogens with two attached hydrogens (primary N) is 1. The molecule has 0 unspecified atom stereocenters. The van der Waals surface area contributed by atoms with E-state index in [9.17, 15) is 4.79 Å². The average molecular weight is 536 g/mol. The summed E-state index contributed by atoms with van der Waals surface area (Å²) in [5, 5.41) is 0.759. The average Bonchev–Trinajstić information content (AvgIpc) is 3.32. The highest BCUT2D eigenvalue weighted by Gasteiger charge is 2.34. The topological polar surface area (TPSA) is 95.5 Å². The first-order valence-corrected chi connectivity index (χ1v) is 13.3. The van der Waals surface area contributed by atoms with Gasteiger partial charge in [0.1, 0.15) is 40.6 Å². The standard InChI is InChI=1S/C32H33N5O3/c1-5-27(38)36-19-17-32(39-4,18-20-36)16-15-26-28(29-30(33)34-21-35-31(29)37(26)22(2)3)23-11-13-25(14-12-23)40-24-9-7-6-8-10-24/h5-14,21-22H,1,17-20H2,2-4H3,(H2,33,34,35). The molecule has 1 saturated heterocycles. The van der Waals surface area contributed by atoms with Crippen LogP contribution in [0.5, 0.6) is 11.5 Å². The number of ether oxygens (including phenoxy) is 2. The Bertz CT molecular complexity index is 1590. The maximum atomic E-state index is 12.1. The molecule has 0 atom stereocenters. The van der Waals surface area contributed by atoms with Crippen molar-refractivity contribution in [1.82, 2.24) is 19.4 Å². The van der Waals surface area contributed by atoms with E-state index in [4.69, 9.17) is 15.2 Å². The molecule has 0 saturated carbocycles. The fraction of sp³-hybridized carbons (Fsp3) is 0.281. The quantitative estimate of drug-likeness (QED) is 0.255. The lowest BCUT2D eigenvalue weighted by Gasteiger charge is -2.37. The van der Waals surface area contributed by atoms with Gasteiger partial charge < -0.3 is 24.7 Å². The van der Waals surface area contributed by atoms with Gasteiger partial charge in [-0.3, -0.25) is 4.79 Å². The largest absolute Gasteiger partial charge is 0.457 e. The number of carbonyl (C=O) groups is 1. The van der Waals surface area contributed by atoms with Gasteiger partial charge in [0.2, 0.25) is 5.91 Å². The number of likely N-dealkylation sites (tertiary alicyclic amines) is 1. The summed E-state index contributed by atoms with van der Waals surface area (Å²) >= 11 is 0. The van der Waals surface area contributed by atoms with E-state index in [0.29, 0.717) is 31.7 Å². The lowest BCUT2D eigenvalue weighted by molar-refractivity contribution is -0.129. The Morgan fingerprint density at radius 2 is 1.75 bits per heavy atom. The van der Waals surface area contributed by atoms with Crippen molar-refractivity contribution >= 4 is 22.8 Å². The van der Waals surface area contributed by atoms with Crippen LogP contribution in [0.15, 0.2) is 73.6 Å². The minimum Gasteiger partial charge on any atom is -0.457 e.